The van der Waals surface area contributed by atoms with Crippen LogP contribution in [0.3, 0.4) is 0 Å². The Labute approximate surface area is 144 Å². The fourth-order valence-corrected chi connectivity index (χ4v) is 3.50. The van der Waals surface area contributed by atoms with Crippen LogP contribution >= 0.6 is 27.7 Å². The number of thioether (sulfide) groups is 1. The smallest absolute Gasteiger partial charge is 0.381 e. The molecule has 0 heterocycles. The monoisotopic (exact) mass is 399 g/mol. The molecule has 6 heteroatoms. The van der Waals surface area contributed by atoms with Crippen molar-refractivity contribution < 1.29 is 13.2 Å². The van der Waals surface area contributed by atoms with Crippen molar-refractivity contribution in [2.45, 2.75) is 39.3 Å². The molecule has 0 saturated heterocycles. The molecule has 0 atom stereocenters. The molecule has 128 valence electrons. The molecule has 0 fully saturated rings. The minimum absolute atomic E-state index is 0.690. The summed E-state index contributed by atoms with van der Waals surface area (Å²) in [5.74, 6) is 0.690. The van der Waals surface area contributed by atoms with E-state index in [4.69, 9.17) is 0 Å². The molecule has 0 aliphatic heterocycles. The first-order valence-electron chi connectivity index (χ1n) is 7.19. The van der Waals surface area contributed by atoms with E-state index in [9.17, 15) is 13.2 Å². The third kappa shape index (κ3) is 10.4. The molecule has 0 saturated carbocycles. The van der Waals surface area contributed by atoms with Gasteiger partial charge in [-0.15, -0.1) is 11.8 Å². The van der Waals surface area contributed by atoms with Gasteiger partial charge in [0, 0.05) is 35.8 Å². The molecule has 0 amide bonds. The quantitative estimate of drug-likeness (QED) is 0.338. The van der Waals surface area contributed by atoms with Crippen molar-refractivity contribution >= 4 is 27.7 Å². The zero-order valence-corrected chi connectivity index (χ0v) is 16.0. The second-order valence-corrected chi connectivity index (χ2v) is 6.90. The van der Waals surface area contributed by atoms with Crippen LogP contribution in [0.5, 0.6) is 0 Å². The lowest BCUT2D eigenvalue weighted by atomic mass is 10.2. The Kier molecular flexibility index (Phi) is 11.0. The summed E-state index contributed by atoms with van der Waals surface area (Å²) in [4.78, 5) is 3.32. The van der Waals surface area contributed by atoms with Crippen LogP contribution in [0.25, 0.3) is 0 Å². The van der Waals surface area contributed by atoms with Gasteiger partial charge in [0.15, 0.2) is 0 Å². The van der Waals surface area contributed by atoms with Gasteiger partial charge >= 0.3 is 6.18 Å². The highest BCUT2D eigenvalue weighted by atomic mass is 79.9. The van der Waals surface area contributed by atoms with Crippen molar-refractivity contribution in [2.24, 2.45) is 0 Å². The SMILES string of the molecule is CC/C=C(\C=C/CC(F)(F)F)CS/C(CCBr)=C(/C)N(C)C. The molecule has 0 N–H and O–H groups in total. The Morgan fingerprint density at radius 1 is 1.27 bits per heavy atom. The summed E-state index contributed by atoms with van der Waals surface area (Å²) in [6.45, 7) is 4.05. The summed E-state index contributed by atoms with van der Waals surface area (Å²) in [6, 6.07) is 0. The van der Waals surface area contributed by atoms with Crippen molar-refractivity contribution in [1.29, 1.82) is 0 Å². The van der Waals surface area contributed by atoms with E-state index < -0.39 is 12.6 Å². The fraction of sp³-hybridized carbons (Fsp3) is 0.625. The van der Waals surface area contributed by atoms with Gasteiger partial charge in [-0.05, 0) is 25.3 Å². The summed E-state index contributed by atoms with van der Waals surface area (Å²) in [6.07, 6.45) is 1.51. The van der Waals surface area contributed by atoms with Gasteiger partial charge in [-0.3, -0.25) is 0 Å². The molecule has 0 spiro atoms. The minimum atomic E-state index is -4.14. The Morgan fingerprint density at radius 3 is 2.36 bits per heavy atom. The van der Waals surface area contributed by atoms with E-state index in [1.54, 1.807) is 17.8 Å². The maximum absolute atomic E-state index is 12.2. The van der Waals surface area contributed by atoms with E-state index in [2.05, 4.69) is 27.8 Å². The number of hydrogen-bond acceptors (Lipinski definition) is 2. The zero-order chi connectivity index (χ0) is 17.2. The maximum atomic E-state index is 12.2. The largest absolute Gasteiger partial charge is 0.392 e. The van der Waals surface area contributed by atoms with E-state index in [1.165, 1.54) is 16.7 Å². The topological polar surface area (TPSA) is 3.24 Å². The van der Waals surface area contributed by atoms with Crippen molar-refractivity contribution in [1.82, 2.24) is 4.90 Å². The Hall–Kier alpha value is -0.360. The van der Waals surface area contributed by atoms with Crippen molar-refractivity contribution in [3.63, 3.8) is 0 Å². The molecule has 0 aliphatic carbocycles. The van der Waals surface area contributed by atoms with E-state index in [1.807, 2.05) is 27.1 Å². The standard InChI is InChI=1S/C16H25BrF3NS/c1-5-7-14(8-6-10-16(18,19)20)12-22-15(9-11-17)13(2)21(3)4/h6-8H,5,9-12H2,1-4H3/b8-6-,14-7+,15-13-. The number of nitrogens with zero attached hydrogens (tertiary/aromatic N) is 1. The van der Waals surface area contributed by atoms with Crippen molar-refractivity contribution in [3.8, 4) is 0 Å². The summed E-state index contributed by atoms with van der Waals surface area (Å²) < 4.78 is 36.6. The third-order valence-electron chi connectivity index (χ3n) is 2.96. The molecular formula is C16H25BrF3NS. The van der Waals surface area contributed by atoms with E-state index >= 15 is 0 Å². The van der Waals surface area contributed by atoms with E-state index in [0.29, 0.717) is 5.75 Å². The number of allylic oxidation sites excluding steroid dienone is 5. The summed E-state index contributed by atoms with van der Waals surface area (Å²) in [7, 11) is 3.99. The van der Waals surface area contributed by atoms with Crippen LogP contribution < -0.4 is 0 Å². The first-order valence-corrected chi connectivity index (χ1v) is 9.30. The first-order chi connectivity index (χ1) is 10.2. The molecule has 1 nitrogen and oxygen atoms in total. The van der Waals surface area contributed by atoms with Gasteiger partial charge < -0.3 is 4.90 Å². The zero-order valence-electron chi connectivity index (χ0n) is 13.6. The Morgan fingerprint density at radius 2 is 1.91 bits per heavy atom. The van der Waals surface area contributed by atoms with Gasteiger partial charge in [0.2, 0.25) is 0 Å². The molecular weight excluding hydrogens is 375 g/mol. The highest BCUT2D eigenvalue weighted by Gasteiger charge is 2.24. The van der Waals surface area contributed by atoms with Gasteiger partial charge in [-0.25, -0.2) is 0 Å². The van der Waals surface area contributed by atoms with Crippen LogP contribution in [0, 0.1) is 0 Å². The minimum Gasteiger partial charge on any atom is -0.381 e. The summed E-state index contributed by atoms with van der Waals surface area (Å²) in [5, 5.41) is 0.872. The molecule has 22 heavy (non-hydrogen) atoms. The van der Waals surface area contributed by atoms with Gasteiger partial charge in [-0.2, -0.15) is 13.2 Å². The lowest BCUT2D eigenvalue weighted by Gasteiger charge is -2.18. The predicted molar refractivity (Wildman–Crippen MR) is 95.4 cm³/mol. The highest BCUT2D eigenvalue weighted by molar-refractivity contribution is 9.09. The van der Waals surface area contributed by atoms with Crippen LogP contribution in [0.4, 0.5) is 13.2 Å². The first kappa shape index (κ1) is 21.6. The Bertz CT molecular complexity index is 412. The average Bonchev–Trinajstić information content (AvgIpc) is 2.40. The lowest BCUT2D eigenvalue weighted by molar-refractivity contribution is -0.125. The number of hydrogen-bond donors (Lipinski definition) is 0. The number of halogens is 4. The summed E-state index contributed by atoms with van der Waals surface area (Å²) in [5.41, 5.74) is 2.13. The van der Waals surface area contributed by atoms with Crippen LogP contribution in [0.2, 0.25) is 0 Å². The van der Waals surface area contributed by atoms with Crippen LogP contribution in [0.15, 0.2) is 34.4 Å². The molecule has 0 radical (unpaired) electrons. The van der Waals surface area contributed by atoms with Gasteiger partial charge in [-0.1, -0.05) is 41.1 Å². The molecule has 0 aromatic carbocycles. The Balaban J connectivity index is 4.83. The van der Waals surface area contributed by atoms with Crippen molar-refractivity contribution in [3.05, 3.63) is 34.4 Å². The normalized spacial score (nSPS) is 14.5. The third-order valence-corrected chi connectivity index (χ3v) is 4.68. The second kappa shape index (κ2) is 11.2. The van der Waals surface area contributed by atoms with Crippen LogP contribution in [-0.4, -0.2) is 36.3 Å². The molecule has 0 aromatic heterocycles. The molecule has 0 unspecified atom stereocenters. The highest BCUT2D eigenvalue weighted by Crippen LogP contribution is 2.28. The van der Waals surface area contributed by atoms with Crippen molar-refractivity contribution in [2.75, 3.05) is 25.2 Å². The summed E-state index contributed by atoms with van der Waals surface area (Å²) >= 11 is 5.15. The van der Waals surface area contributed by atoms with E-state index in [0.717, 1.165) is 23.7 Å². The van der Waals surface area contributed by atoms with Gasteiger partial charge in [0.25, 0.3) is 0 Å². The van der Waals surface area contributed by atoms with Crippen LogP contribution in [-0.2, 0) is 0 Å². The lowest BCUT2D eigenvalue weighted by Crippen LogP contribution is -2.10. The van der Waals surface area contributed by atoms with E-state index in [-0.39, 0.29) is 0 Å². The average molecular weight is 400 g/mol. The number of rotatable bonds is 9. The van der Waals surface area contributed by atoms with Gasteiger partial charge in [0.1, 0.15) is 0 Å². The predicted octanol–water partition coefficient (Wildman–Crippen LogP) is 6.14. The fourth-order valence-electron chi connectivity index (χ4n) is 1.64. The number of alkyl halides is 4. The molecule has 0 aromatic rings. The molecule has 0 bridgehead atoms. The maximum Gasteiger partial charge on any atom is 0.392 e. The second-order valence-electron chi connectivity index (χ2n) is 5.04. The molecule has 0 aliphatic rings. The van der Waals surface area contributed by atoms with Gasteiger partial charge in [0.05, 0.1) is 6.42 Å². The van der Waals surface area contributed by atoms with Crippen LogP contribution in [0.1, 0.15) is 33.1 Å². The molecule has 0 rings (SSSR count).